The molecule has 1 aromatic rings. The summed E-state index contributed by atoms with van der Waals surface area (Å²) in [5.41, 5.74) is 0.816. The molecule has 0 aromatic carbocycles. The van der Waals surface area contributed by atoms with Crippen LogP contribution in [0.4, 0.5) is 0 Å². The molecule has 2 rings (SSSR count). The second-order valence-electron chi connectivity index (χ2n) is 4.02. The van der Waals surface area contributed by atoms with Crippen molar-refractivity contribution in [3.8, 4) is 0 Å². The summed E-state index contributed by atoms with van der Waals surface area (Å²) in [6.07, 6.45) is 2.31. The van der Waals surface area contributed by atoms with Crippen molar-refractivity contribution in [2.75, 3.05) is 18.4 Å². The summed E-state index contributed by atoms with van der Waals surface area (Å²) in [5.74, 6) is 0.851. The number of carbonyl (C=O) groups excluding carboxylic acids is 1. The maximum absolute atomic E-state index is 12.1. The molecule has 0 saturated carbocycles. The van der Waals surface area contributed by atoms with Crippen molar-refractivity contribution in [1.82, 2.24) is 4.90 Å². The largest absolute Gasteiger partial charge is 0.338 e. The van der Waals surface area contributed by atoms with Gasteiger partial charge in [0.15, 0.2) is 0 Å². The number of nitrogens with zero attached hydrogens (tertiary/aromatic N) is 1. The Morgan fingerprint density at radius 3 is 3.06 bits per heavy atom. The van der Waals surface area contributed by atoms with Crippen LogP contribution in [-0.2, 0) is 0 Å². The zero-order valence-electron chi connectivity index (χ0n) is 8.79. The number of carbonyl (C=O) groups is 1. The highest BCUT2D eigenvalue weighted by molar-refractivity contribution is 9.11. The molecule has 1 amide bonds. The first kappa shape index (κ1) is 12.6. The SMILES string of the molecule is O=C(c1csc(Br)c1)N1CCC(CCBr)C1. The fraction of sp³-hybridized carbons (Fsp3) is 0.545. The lowest BCUT2D eigenvalue weighted by Crippen LogP contribution is -2.28. The van der Waals surface area contributed by atoms with Crippen LogP contribution in [0.3, 0.4) is 0 Å². The highest BCUT2D eigenvalue weighted by Crippen LogP contribution is 2.25. The van der Waals surface area contributed by atoms with E-state index in [-0.39, 0.29) is 5.91 Å². The van der Waals surface area contributed by atoms with Crippen LogP contribution >= 0.6 is 43.2 Å². The third-order valence-corrected chi connectivity index (χ3v) is 4.87. The molecule has 2 nitrogen and oxygen atoms in total. The minimum Gasteiger partial charge on any atom is -0.338 e. The Bertz CT molecular complexity index is 380. The third kappa shape index (κ3) is 2.87. The maximum Gasteiger partial charge on any atom is 0.254 e. The minimum absolute atomic E-state index is 0.180. The summed E-state index contributed by atoms with van der Waals surface area (Å²) < 4.78 is 1.02. The Kier molecular flexibility index (Phi) is 4.44. The van der Waals surface area contributed by atoms with Crippen molar-refractivity contribution < 1.29 is 4.79 Å². The van der Waals surface area contributed by atoms with Gasteiger partial charge >= 0.3 is 0 Å². The molecule has 1 aliphatic heterocycles. The van der Waals surface area contributed by atoms with Crippen LogP contribution in [0.15, 0.2) is 15.2 Å². The third-order valence-electron chi connectivity index (χ3n) is 2.90. The van der Waals surface area contributed by atoms with E-state index in [0.29, 0.717) is 5.92 Å². The molecule has 0 spiro atoms. The van der Waals surface area contributed by atoms with E-state index < -0.39 is 0 Å². The Labute approximate surface area is 116 Å². The molecule has 1 saturated heterocycles. The van der Waals surface area contributed by atoms with Crippen LogP contribution in [0.25, 0.3) is 0 Å². The van der Waals surface area contributed by atoms with Crippen molar-refractivity contribution in [3.05, 3.63) is 20.8 Å². The molecule has 0 radical (unpaired) electrons. The van der Waals surface area contributed by atoms with Crippen LogP contribution in [-0.4, -0.2) is 29.2 Å². The van der Waals surface area contributed by atoms with E-state index in [1.807, 2.05) is 16.3 Å². The van der Waals surface area contributed by atoms with Crippen LogP contribution in [0.1, 0.15) is 23.2 Å². The van der Waals surface area contributed by atoms with Gasteiger partial charge in [-0.2, -0.15) is 0 Å². The summed E-state index contributed by atoms with van der Waals surface area (Å²) in [4.78, 5) is 14.1. The monoisotopic (exact) mass is 365 g/mol. The number of halogens is 2. The van der Waals surface area contributed by atoms with E-state index >= 15 is 0 Å². The van der Waals surface area contributed by atoms with Gasteiger partial charge < -0.3 is 4.90 Å². The number of likely N-dealkylation sites (tertiary alicyclic amines) is 1. The lowest BCUT2D eigenvalue weighted by molar-refractivity contribution is 0.0787. The zero-order valence-corrected chi connectivity index (χ0v) is 12.8. The number of amides is 1. The van der Waals surface area contributed by atoms with Crippen molar-refractivity contribution in [3.63, 3.8) is 0 Å². The second kappa shape index (κ2) is 5.65. The predicted molar refractivity (Wildman–Crippen MR) is 74.4 cm³/mol. The van der Waals surface area contributed by atoms with E-state index in [9.17, 15) is 4.79 Å². The number of hydrogen-bond acceptors (Lipinski definition) is 2. The molecule has 16 heavy (non-hydrogen) atoms. The standard InChI is InChI=1S/C11H13Br2NOS/c12-3-1-8-2-4-14(6-8)11(15)9-5-10(13)16-7-9/h5,7-8H,1-4,6H2. The molecule has 88 valence electrons. The first-order valence-corrected chi connectivity index (χ1v) is 8.09. The van der Waals surface area contributed by atoms with Gasteiger partial charge in [-0.3, -0.25) is 4.79 Å². The van der Waals surface area contributed by atoms with Crippen LogP contribution in [0.5, 0.6) is 0 Å². The number of alkyl halides is 1. The quantitative estimate of drug-likeness (QED) is 0.746. The van der Waals surface area contributed by atoms with Crippen molar-refractivity contribution in [2.24, 2.45) is 5.92 Å². The van der Waals surface area contributed by atoms with Gasteiger partial charge in [0.1, 0.15) is 0 Å². The van der Waals surface area contributed by atoms with Crippen molar-refractivity contribution in [1.29, 1.82) is 0 Å². The summed E-state index contributed by atoms with van der Waals surface area (Å²) in [6.45, 7) is 1.82. The topological polar surface area (TPSA) is 20.3 Å². The van der Waals surface area contributed by atoms with E-state index in [1.54, 1.807) is 11.3 Å². The average molecular weight is 367 g/mol. The number of thiophene rings is 1. The molecule has 0 aliphatic carbocycles. The molecule has 2 heterocycles. The van der Waals surface area contributed by atoms with Crippen molar-refractivity contribution in [2.45, 2.75) is 12.8 Å². The lowest BCUT2D eigenvalue weighted by Gasteiger charge is -2.15. The molecule has 5 heteroatoms. The molecule has 1 atom stereocenters. The summed E-state index contributed by atoms with van der Waals surface area (Å²) in [6, 6.07) is 1.91. The molecule has 0 N–H and O–H groups in total. The second-order valence-corrected chi connectivity index (χ2v) is 7.11. The Morgan fingerprint density at radius 1 is 1.62 bits per heavy atom. The van der Waals surface area contributed by atoms with Gasteiger partial charge in [0.05, 0.1) is 9.35 Å². The van der Waals surface area contributed by atoms with Crippen LogP contribution in [0.2, 0.25) is 0 Å². The summed E-state index contributed by atoms with van der Waals surface area (Å²) in [5, 5.41) is 2.95. The zero-order chi connectivity index (χ0) is 11.5. The van der Waals surface area contributed by atoms with Crippen LogP contribution in [0, 0.1) is 5.92 Å². The smallest absolute Gasteiger partial charge is 0.254 e. The Balaban J connectivity index is 1.97. The molecule has 1 unspecified atom stereocenters. The van der Waals surface area contributed by atoms with E-state index in [2.05, 4.69) is 31.9 Å². The lowest BCUT2D eigenvalue weighted by atomic mass is 10.1. The van der Waals surface area contributed by atoms with Gasteiger partial charge in [-0.25, -0.2) is 0 Å². The van der Waals surface area contributed by atoms with Gasteiger partial charge in [-0.15, -0.1) is 11.3 Å². The molecule has 1 aliphatic rings. The molecule has 1 fully saturated rings. The van der Waals surface area contributed by atoms with Gasteiger partial charge in [-0.05, 0) is 40.8 Å². The summed E-state index contributed by atoms with van der Waals surface area (Å²) in [7, 11) is 0. The van der Waals surface area contributed by atoms with Gasteiger partial charge in [0.2, 0.25) is 0 Å². The number of hydrogen-bond donors (Lipinski definition) is 0. The first-order valence-electron chi connectivity index (χ1n) is 5.30. The van der Waals surface area contributed by atoms with Gasteiger partial charge in [0, 0.05) is 23.8 Å². The van der Waals surface area contributed by atoms with Crippen molar-refractivity contribution >= 4 is 49.1 Å². The van der Waals surface area contributed by atoms with E-state index in [1.165, 1.54) is 0 Å². The molecular weight excluding hydrogens is 354 g/mol. The highest BCUT2D eigenvalue weighted by atomic mass is 79.9. The van der Waals surface area contributed by atoms with Crippen LogP contribution < -0.4 is 0 Å². The molecular formula is C11H13Br2NOS. The Hall–Kier alpha value is 0.130. The number of rotatable bonds is 3. The van der Waals surface area contributed by atoms with Gasteiger partial charge in [-0.1, -0.05) is 15.9 Å². The predicted octanol–water partition coefficient (Wildman–Crippen LogP) is 3.76. The van der Waals surface area contributed by atoms with Gasteiger partial charge in [0.25, 0.3) is 5.91 Å². The fourth-order valence-corrected chi connectivity index (χ4v) is 3.79. The fourth-order valence-electron chi connectivity index (χ4n) is 2.01. The maximum atomic E-state index is 12.1. The molecule has 0 bridgehead atoms. The highest BCUT2D eigenvalue weighted by Gasteiger charge is 2.26. The van der Waals surface area contributed by atoms with E-state index in [0.717, 1.165) is 40.6 Å². The first-order chi connectivity index (χ1) is 7.70. The Morgan fingerprint density at radius 2 is 2.44 bits per heavy atom. The minimum atomic E-state index is 0.180. The summed E-state index contributed by atoms with van der Waals surface area (Å²) >= 11 is 8.41. The van der Waals surface area contributed by atoms with E-state index in [4.69, 9.17) is 0 Å². The molecule has 1 aromatic heterocycles. The average Bonchev–Trinajstić information content (AvgIpc) is 2.87. The normalized spacial score (nSPS) is 20.4.